The van der Waals surface area contributed by atoms with E-state index < -0.39 is 0 Å². The van der Waals surface area contributed by atoms with Gasteiger partial charge in [-0.1, -0.05) is 0 Å². The molecule has 0 spiro atoms. The second-order valence-electron chi connectivity index (χ2n) is 4.08. The highest BCUT2D eigenvalue weighted by Gasteiger charge is 2.16. The van der Waals surface area contributed by atoms with Crippen molar-refractivity contribution in [2.45, 2.75) is 18.9 Å². The quantitative estimate of drug-likeness (QED) is 0.615. The molecule has 0 radical (unpaired) electrons. The lowest BCUT2D eigenvalue weighted by Gasteiger charge is -2.15. The summed E-state index contributed by atoms with van der Waals surface area (Å²) in [6.07, 6.45) is 6.51. The van der Waals surface area contributed by atoms with Crippen LogP contribution in [0.1, 0.15) is 24.0 Å². The van der Waals surface area contributed by atoms with Gasteiger partial charge < -0.3 is 4.57 Å². The summed E-state index contributed by atoms with van der Waals surface area (Å²) < 4.78 is 15.5. The lowest BCUT2D eigenvalue weighted by molar-refractivity contribution is 0.465. The fourth-order valence-corrected chi connectivity index (χ4v) is 1.86. The molecule has 0 saturated heterocycles. The molecule has 0 aliphatic carbocycles. The number of aromatic nitrogens is 3. The standard InChI is InChI=1S/C12H16FN5/c1-18-8-7-15-11(18)5-4-10(17-14)12-9(13)3-2-6-16-12/h2-3,6-8,10,17H,4-5,14H2,1H3. The number of hydrogen-bond donors (Lipinski definition) is 2. The van der Waals surface area contributed by atoms with Crippen LogP contribution in [-0.4, -0.2) is 14.5 Å². The number of nitrogens with two attached hydrogens (primary N) is 1. The van der Waals surface area contributed by atoms with Crippen molar-refractivity contribution in [2.24, 2.45) is 12.9 Å². The third-order valence-corrected chi connectivity index (χ3v) is 2.90. The second-order valence-corrected chi connectivity index (χ2v) is 4.08. The molecule has 6 heteroatoms. The minimum absolute atomic E-state index is 0.317. The van der Waals surface area contributed by atoms with Crippen molar-refractivity contribution >= 4 is 0 Å². The van der Waals surface area contributed by atoms with Gasteiger partial charge in [-0.3, -0.25) is 16.3 Å². The second kappa shape index (κ2) is 5.70. The highest BCUT2D eigenvalue weighted by Crippen LogP contribution is 2.18. The number of pyridine rings is 1. The SMILES string of the molecule is Cn1ccnc1CCC(NN)c1ncccc1F. The van der Waals surface area contributed by atoms with Gasteiger partial charge in [-0.15, -0.1) is 0 Å². The number of hydrogen-bond acceptors (Lipinski definition) is 4. The van der Waals surface area contributed by atoms with Gasteiger partial charge in [-0.25, -0.2) is 9.37 Å². The van der Waals surface area contributed by atoms with Gasteiger partial charge >= 0.3 is 0 Å². The molecule has 0 aromatic carbocycles. The van der Waals surface area contributed by atoms with Crippen LogP contribution in [0.5, 0.6) is 0 Å². The van der Waals surface area contributed by atoms with Crippen LogP contribution in [0.15, 0.2) is 30.7 Å². The minimum Gasteiger partial charge on any atom is -0.338 e. The average molecular weight is 249 g/mol. The van der Waals surface area contributed by atoms with E-state index in [4.69, 9.17) is 5.84 Å². The summed E-state index contributed by atoms with van der Waals surface area (Å²) in [5.41, 5.74) is 2.94. The fraction of sp³-hybridized carbons (Fsp3) is 0.333. The molecular formula is C12H16FN5. The van der Waals surface area contributed by atoms with E-state index in [1.54, 1.807) is 18.5 Å². The molecule has 3 N–H and O–H groups in total. The maximum Gasteiger partial charge on any atom is 0.146 e. The maximum atomic E-state index is 13.6. The van der Waals surface area contributed by atoms with E-state index in [1.165, 1.54) is 6.07 Å². The van der Waals surface area contributed by atoms with Crippen molar-refractivity contribution in [1.82, 2.24) is 20.0 Å². The molecule has 2 aromatic heterocycles. The predicted octanol–water partition coefficient (Wildman–Crippen LogP) is 1.09. The monoisotopic (exact) mass is 249 g/mol. The van der Waals surface area contributed by atoms with Crippen molar-refractivity contribution in [1.29, 1.82) is 0 Å². The molecule has 2 aromatic rings. The topological polar surface area (TPSA) is 68.8 Å². The summed E-state index contributed by atoms with van der Waals surface area (Å²) >= 11 is 0. The number of hydrazine groups is 1. The van der Waals surface area contributed by atoms with Crippen LogP contribution in [0, 0.1) is 5.82 Å². The molecule has 1 unspecified atom stereocenters. The molecule has 18 heavy (non-hydrogen) atoms. The zero-order chi connectivity index (χ0) is 13.0. The summed E-state index contributed by atoms with van der Waals surface area (Å²) in [4.78, 5) is 8.25. The Morgan fingerprint density at radius 2 is 2.28 bits per heavy atom. The number of aryl methyl sites for hydroxylation is 2. The Morgan fingerprint density at radius 3 is 2.89 bits per heavy atom. The van der Waals surface area contributed by atoms with Gasteiger partial charge in [-0.05, 0) is 18.6 Å². The molecule has 0 aliphatic rings. The zero-order valence-corrected chi connectivity index (χ0v) is 10.2. The Morgan fingerprint density at radius 1 is 1.44 bits per heavy atom. The van der Waals surface area contributed by atoms with Gasteiger partial charge in [0.2, 0.25) is 0 Å². The Labute approximate surface area is 105 Å². The molecule has 0 aliphatic heterocycles. The normalized spacial score (nSPS) is 12.6. The van der Waals surface area contributed by atoms with E-state index in [2.05, 4.69) is 15.4 Å². The largest absolute Gasteiger partial charge is 0.338 e. The van der Waals surface area contributed by atoms with Crippen LogP contribution in [0.4, 0.5) is 4.39 Å². The summed E-state index contributed by atoms with van der Waals surface area (Å²) in [6, 6.07) is 2.63. The van der Waals surface area contributed by atoms with E-state index in [1.807, 2.05) is 17.8 Å². The molecule has 0 amide bonds. The van der Waals surface area contributed by atoms with E-state index >= 15 is 0 Å². The van der Waals surface area contributed by atoms with Gasteiger partial charge in [0.15, 0.2) is 0 Å². The first-order valence-electron chi connectivity index (χ1n) is 5.75. The molecule has 1 atom stereocenters. The minimum atomic E-state index is -0.347. The number of rotatable bonds is 5. The molecule has 5 nitrogen and oxygen atoms in total. The molecule has 2 rings (SSSR count). The lowest BCUT2D eigenvalue weighted by atomic mass is 10.1. The third-order valence-electron chi connectivity index (χ3n) is 2.90. The van der Waals surface area contributed by atoms with Crippen LogP contribution in [0.2, 0.25) is 0 Å². The summed E-state index contributed by atoms with van der Waals surface area (Å²) in [7, 11) is 1.93. The Balaban J connectivity index is 2.07. The van der Waals surface area contributed by atoms with Crippen LogP contribution in [0.3, 0.4) is 0 Å². The third kappa shape index (κ3) is 2.72. The molecular weight excluding hydrogens is 233 g/mol. The van der Waals surface area contributed by atoms with Crippen LogP contribution in [-0.2, 0) is 13.5 Å². The first-order chi connectivity index (χ1) is 8.72. The van der Waals surface area contributed by atoms with Crippen molar-refractivity contribution in [3.05, 3.63) is 48.1 Å². The number of nitrogens with zero attached hydrogens (tertiary/aromatic N) is 3. The van der Waals surface area contributed by atoms with E-state index in [0.29, 0.717) is 18.5 Å². The van der Waals surface area contributed by atoms with Crippen LogP contribution in [0.25, 0.3) is 0 Å². The van der Waals surface area contributed by atoms with Crippen LogP contribution >= 0.6 is 0 Å². The van der Waals surface area contributed by atoms with Gasteiger partial charge in [0.05, 0.1) is 11.7 Å². The molecule has 0 saturated carbocycles. The molecule has 2 heterocycles. The Bertz CT molecular complexity index is 511. The van der Waals surface area contributed by atoms with Crippen LogP contribution < -0.4 is 11.3 Å². The van der Waals surface area contributed by atoms with Crippen molar-refractivity contribution in [3.8, 4) is 0 Å². The maximum absolute atomic E-state index is 13.6. The number of halogens is 1. The summed E-state index contributed by atoms with van der Waals surface area (Å²) in [5, 5.41) is 0. The highest BCUT2D eigenvalue weighted by atomic mass is 19.1. The average Bonchev–Trinajstić information content (AvgIpc) is 2.78. The Kier molecular flexibility index (Phi) is 4.01. The predicted molar refractivity (Wildman–Crippen MR) is 65.8 cm³/mol. The van der Waals surface area contributed by atoms with Gasteiger partial charge in [-0.2, -0.15) is 0 Å². The van der Waals surface area contributed by atoms with Crippen molar-refractivity contribution < 1.29 is 4.39 Å². The number of imidazole rings is 1. The zero-order valence-electron chi connectivity index (χ0n) is 10.2. The smallest absolute Gasteiger partial charge is 0.146 e. The van der Waals surface area contributed by atoms with E-state index in [0.717, 1.165) is 5.82 Å². The van der Waals surface area contributed by atoms with E-state index in [9.17, 15) is 4.39 Å². The number of nitrogens with one attached hydrogen (secondary N) is 1. The van der Waals surface area contributed by atoms with Crippen molar-refractivity contribution in [2.75, 3.05) is 0 Å². The first kappa shape index (κ1) is 12.7. The molecule has 96 valence electrons. The summed E-state index contributed by atoms with van der Waals surface area (Å²) in [6.45, 7) is 0. The fourth-order valence-electron chi connectivity index (χ4n) is 1.86. The molecule has 0 bridgehead atoms. The Hall–Kier alpha value is -1.79. The lowest BCUT2D eigenvalue weighted by Crippen LogP contribution is -2.30. The highest BCUT2D eigenvalue weighted by molar-refractivity contribution is 5.11. The van der Waals surface area contributed by atoms with Crippen molar-refractivity contribution in [3.63, 3.8) is 0 Å². The van der Waals surface area contributed by atoms with E-state index in [-0.39, 0.29) is 11.9 Å². The van der Waals surface area contributed by atoms with Gasteiger partial charge in [0, 0.05) is 32.1 Å². The van der Waals surface area contributed by atoms with Gasteiger partial charge in [0.1, 0.15) is 11.6 Å². The molecule has 0 fully saturated rings. The van der Waals surface area contributed by atoms with Gasteiger partial charge in [0.25, 0.3) is 0 Å². The first-order valence-corrected chi connectivity index (χ1v) is 5.75. The summed E-state index contributed by atoms with van der Waals surface area (Å²) in [5.74, 6) is 6.06.